The fourth-order valence-electron chi connectivity index (χ4n) is 1.74. The molecule has 0 heterocycles. The molecule has 0 aliphatic heterocycles. The van der Waals surface area contributed by atoms with E-state index in [0.29, 0.717) is 12.3 Å². The Balaban J connectivity index is 2.08. The molecule has 2 aromatic carbocycles. The number of halogens is 2. The smallest absolute Gasteiger partial charge is 0.272 e. The molecule has 2 rings (SSSR count). The standard InChI is InChI=1S/C15H15F2NO/c16-15(17)10-19-14-7-5-13(6-8-14)12-3-1-11(9-18)2-4-12/h1-8,15H,9-10,18H2. The lowest BCUT2D eigenvalue weighted by Crippen LogP contribution is -2.06. The maximum Gasteiger partial charge on any atom is 0.272 e. The monoisotopic (exact) mass is 263 g/mol. The van der Waals surface area contributed by atoms with Crippen LogP contribution in [0.3, 0.4) is 0 Å². The second kappa shape index (κ2) is 6.29. The summed E-state index contributed by atoms with van der Waals surface area (Å²) in [6.07, 6.45) is -2.46. The van der Waals surface area contributed by atoms with Crippen molar-refractivity contribution in [3.05, 3.63) is 54.1 Å². The van der Waals surface area contributed by atoms with Gasteiger partial charge in [0.05, 0.1) is 0 Å². The lowest BCUT2D eigenvalue weighted by molar-refractivity contribution is 0.0819. The summed E-state index contributed by atoms with van der Waals surface area (Å²) in [5, 5.41) is 0. The van der Waals surface area contributed by atoms with E-state index >= 15 is 0 Å². The van der Waals surface area contributed by atoms with Gasteiger partial charge < -0.3 is 10.5 Å². The zero-order chi connectivity index (χ0) is 13.7. The number of ether oxygens (including phenoxy) is 1. The number of nitrogens with two attached hydrogens (primary N) is 1. The van der Waals surface area contributed by atoms with Gasteiger partial charge in [-0.25, -0.2) is 8.78 Å². The van der Waals surface area contributed by atoms with Crippen molar-refractivity contribution in [3.63, 3.8) is 0 Å². The Bertz CT molecular complexity index is 509. The van der Waals surface area contributed by atoms with E-state index in [9.17, 15) is 8.78 Å². The molecule has 0 saturated carbocycles. The molecule has 2 aromatic rings. The van der Waals surface area contributed by atoms with Gasteiger partial charge in [0.15, 0.2) is 0 Å². The lowest BCUT2D eigenvalue weighted by Gasteiger charge is -2.07. The largest absolute Gasteiger partial charge is 0.488 e. The van der Waals surface area contributed by atoms with Gasteiger partial charge in [0.25, 0.3) is 6.43 Å². The van der Waals surface area contributed by atoms with Gasteiger partial charge in [-0.15, -0.1) is 0 Å². The zero-order valence-corrected chi connectivity index (χ0v) is 10.4. The molecule has 0 aliphatic rings. The Morgan fingerprint density at radius 2 is 1.42 bits per heavy atom. The van der Waals surface area contributed by atoms with Crippen LogP contribution in [0.15, 0.2) is 48.5 Å². The van der Waals surface area contributed by atoms with Crippen LogP contribution in [0.2, 0.25) is 0 Å². The SMILES string of the molecule is NCc1ccc(-c2ccc(OCC(F)F)cc2)cc1. The second-order valence-corrected chi connectivity index (χ2v) is 4.13. The predicted octanol–water partition coefficient (Wildman–Crippen LogP) is 3.46. The molecule has 4 heteroatoms. The highest BCUT2D eigenvalue weighted by Crippen LogP contribution is 2.23. The molecule has 0 aliphatic carbocycles. The maximum atomic E-state index is 12.0. The molecule has 0 amide bonds. The quantitative estimate of drug-likeness (QED) is 0.896. The average molecular weight is 263 g/mol. The number of alkyl halides is 2. The molecule has 0 saturated heterocycles. The Labute approximate surface area is 110 Å². The predicted molar refractivity (Wildman–Crippen MR) is 71.3 cm³/mol. The Kier molecular flexibility index (Phi) is 4.47. The van der Waals surface area contributed by atoms with Crippen LogP contribution < -0.4 is 10.5 Å². The van der Waals surface area contributed by atoms with Gasteiger partial charge in [0.1, 0.15) is 12.4 Å². The third-order valence-electron chi connectivity index (χ3n) is 2.75. The first-order chi connectivity index (χ1) is 9.19. The van der Waals surface area contributed by atoms with Crippen LogP contribution in [0.1, 0.15) is 5.56 Å². The highest BCUT2D eigenvalue weighted by molar-refractivity contribution is 5.64. The Morgan fingerprint density at radius 3 is 1.89 bits per heavy atom. The van der Waals surface area contributed by atoms with E-state index in [2.05, 4.69) is 0 Å². The lowest BCUT2D eigenvalue weighted by atomic mass is 10.0. The normalized spacial score (nSPS) is 10.7. The third kappa shape index (κ3) is 3.76. The number of benzene rings is 2. The van der Waals surface area contributed by atoms with Crippen molar-refractivity contribution in [1.82, 2.24) is 0 Å². The minimum atomic E-state index is -2.46. The fourth-order valence-corrected chi connectivity index (χ4v) is 1.74. The van der Waals surface area contributed by atoms with E-state index in [4.69, 9.17) is 10.5 Å². The van der Waals surface area contributed by atoms with Crippen molar-refractivity contribution < 1.29 is 13.5 Å². The van der Waals surface area contributed by atoms with E-state index in [0.717, 1.165) is 16.7 Å². The van der Waals surface area contributed by atoms with Crippen LogP contribution in [-0.4, -0.2) is 13.0 Å². The van der Waals surface area contributed by atoms with Crippen molar-refractivity contribution >= 4 is 0 Å². The van der Waals surface area contributed by atoms with Crippen LogP contribution in [0.4, 0.5) is 8.78 Å². The second-order valence-electron chi connectivity index (χ2n) is 4.13. The van der Waals surface area contributed by atoms with Gasteiger partial charge >= 0.3 is 0 Å². The summed E-state index contributed by atoms with van der Waals surface area (Å²) in [5.41, 5.74) is 8.67. The van der Waals surface area contributed by atoms with Gasteiger partial charge in [-0.3, -0.25) is 0 Å². The molecule has 0 bridgehead atoms. The summed E-state index contributed by atoms with van der Waals surface area (Å²) < 4.78 is 28.9. The topological polar surface area (TPSA) is 35.2 Å². The number of hydrogen-bond donors (Lipinski definition) is 1. The van der Waals surface area contributed by atoms with E-state index in [1.54, 1.807) is 12.1 Å². The molecule has 2 nitrogen and oxygen atoms in total. The van der Waals surface area contributed by atoms with Crippen LogP contribution in [0.25, 0.3) is 11.1 Å². The molecule has 0 spiro atoms. The molecule has 0 unspecified atom stereocenters. The molecule has 0 radical (unpaired) electrons. The summed E-state index contributed by atoms with van der Waals surface area (Å²) >= 11 is 0. The molecule has 100 valence electrons. The first-order valence-electron chi connectivity index (χ1n) is 5.99. The van der Waals surface area contributed by atoms with Crippen LogP contribution in [-0.2, 0) is 6.54 Å². The Hall–Kier alpha value is -1.94. The highest BCUT2D eigenvalue weighted by atomic mass is 19.3. The van der Waals surface area contributed by atoms with Gasteiger partial charge in [-0.05, 0) is 28.8 Å². The van der Waals surface area contributed by atoms with Gasteiger partial charge in [0, 0.05) is 6.54 Å². The van der Waals surface area contributed by atoms with E-state index in [1.165, 1.54) is 0 Å². The van der Waals surface area contributed by atoms with E-state index in [-0.39, 0.29) is 0 Å². The minimum Gasteiger partial charge on any atom is -0.488 e. The highest BCUT2D eigenvalue weighted by Gasteiger charge is 2.04. The number of hydrogen-bond acceptors (Lipinski definition) is 2. The molecule has 2 N–H and O–H groups in total. The van der Waals surface area contributed by atoms with Crippen molar-refractivity contribution in [1.29, 1.82) is 0 Å². The molecule has 19 heavy (non-hydrogen) atoms. The third-order valence-corrected chi connectivity index (χ3v) is 2.75. The summed E-state index contributed by atoms with van der Waals surface area (Å²) in [5.74, 6) is 0.447. The fraction of sp³-hybridized carbons (Fsp3) is 0.200. The van der Waals surface area contributed by atoms with E-state index < -0.39 is 13.0 Å². The van der Waals surface area contributed by atoms with Crippen LogP contribution >= 0.6 is 0 Å². The first-order valence-corrected chi connectivity index (χ1v) is 5.99. The van der Waals surface area contributed by atoms with Crippen LogP contribution in [0, 0.1) is 0 Å². The summed E-state index contributed by atoms with van der Waals surface area (Å²) in [6.45, 7) is -0.0643. The van der Waals surface area contributed by atoms with Crippen molar-refractivity contribution in [2.24, 2.45) is 5.73 Å². The van der Waals surface area contributed by atoms with Gasteiger partial charge in [-0.2, -0.15) is 0 Å². The van der Waals surface area contributed by atoms with Gasteiger partial charge in [-0.1, -0.05) is 36.4 Å². The summed E-state index contributed by atoms with van der Waals surface area (Å²) in [7, 11) is 0. The maximum absolute atomic E-state index is 12.0. The Morgan fingerprint density at radius 1 is 0.895 bits per heavy atom. The average Bonchev–Trinajstić information content (AvgIpc) is 2.46. The molecule has 0 atom stereocenters. The summed E-state index contributed by atoms with van der Waals surface area (Å²) in [4.78, 5) is 0. The zero-order valence-electron chi connectivity index (χ0n) is 10.4. The molecular weight excluding hydrogens is 248 g/mol. The van der Waals surface area contributed by atoms with Crippen molar-refractivity contribution in [2.75, 3.05) is 6.61 Å². The van der Waals surface area contributed by atoms with Crippen LogP contribution in [0.5, 0.6) is 5.75 Å². The minimum absolute atomic E-state index is 0.447. The number of rotatable bonds is 5. The molecular formula is C15H15F2NO. The van der Waals surface area contributed by atoms with E-state index in [1.807, 2.05) is 36.4 Å². The first kappa shape index (κ1) is 13.5. The van der Waals surface area contributed by atoms with Gasteiger partial charge in [0.2, 0.25) is 0 Å². The van der Waals surface area contributed by atoms with Crippen molar-refractivity contribution in [2.45, 2.75) is 13.0 Å². The van der Waals surface area contributed by atoms with Crippen molar-refractivity contribution in [3.8, 4) is 16.9 Å². The summed E-state index contributed by atoms with van der Waals surface area (Å²) in [6, 6.07) is 15.0. The molecule has 0 fully saturated rings. The molecule has 0 aromatic heterocycles.